The first-order chi connectivity index (χ1) is 15.6. The van der Waals surface area contributed by atoms with Gasteiger partial charge in [-0.1, -0.05) is 18.5 Å². The standard InChI is InChI=1S/C24H27N3O5/c1-4-5-12-31-19-9-6-16(7-10-19)24-25-23(26-32-24)17-13-22(28)27(15-17)18-8-11-20(29-2)21(14-18)30-3/h6-11,14,17H,4-5,12-13,15H2,1-3H3. The molecule has 1 saturated heterocycles. The van der Waals surface area contributed by atoms with Crippen LogP contribution in [0.25, 0.3) is 11.5 Å². The van der Waals surface area contributed by atoms with Crippen LogP contribution in [-0.2, 0) is 4.79 Å². The van der Waals surface area contributed by atoms with E-state index in [0.29, 0.717) is 42.8 Å². The van der Waals surface area contributed by atoms with Gasteiger partial charge >= 0.3 is 0 Å². The van der Waals surface area contributed by atoms with Crippen LogP contribution < -0.4 is 19.1 Å². The molecule has 32 heavy (non-hydrogen) atoms. The van der Waals surface area contributed by atoms with Crippen molar-refractivity contribution in [2.75, 3.05) is 32.3 Å². The zero-order chi connectivity index (χ0) is 22.5. The zero-order valence-corrected chi connectivity index (χ0v) is 18.5. The largest absolute Gasteiger partial charge is 0.494 e. The summed E-state index contributed by atoms with van der Waals surface area (Å²) < 4.78 is 21.8. The van der Waals surface area contributed by atoms with E-state index < -0.39 is 0 Å². The molecule has 1 amide bonds. The number of ether oxygens (including phenoxy) is 3. The molecule has 1 unspecified atom stereocenters. The Morgan fingerprint density at radius 3 is 2.59 bits per heavy atom. The van der Waals surface area contributed by atoms with Gasteiger partial charge in [0.2, 0.25) is 5.91 Å². The molecule has 8 heteroatoms. The van der Waals surface area contributed by atoms with Gasteiger partial charge in [0.05, 0.1) is 20.8 Å². The average molecular weight is 437 g/mol. The lowest BCUT2D eigenvalue weighted by atomic mass is 10.1. The molecule has 0 saturated carbocycles. The molecule has 1 fully saturated rings. The van der Waals surface area contributed by atoms with E-state index in [4.69, 9.17) is 18.7 Å². The number of anilines is 1. The fourth-order valence-electron chi connectivity index (χ4n) is 3.67. The van der Waals surface area contributed by atoms with Gasteiger partial charge in [-0.25, -0.2) is 0 Å². The molecule has 168 valence electrons. The highest BCUT2D eigenvalue weighted by atomic mass is 16.5. The highest BCUT2D eigenvalue weighted by Crippen LogP contribution is 2.36. The van der Waals surface area contributed by atoms with Crippen molar-refractivity contribution in [3.8, 4) is 28.7 Å². The number of carbonyl (C=O) groups is 1. The number of aromatic nitrogens is 2. The summed E-state index contributed by atoms with van der Waals surface area (Å²) >= 11 is 0. The Bertz CT molecular complexity index is 1060. The molecule has 2 aromatic carbocycles. The summed E-state index contributed by atoms with van der Waals surface area (Å²) in [5.41, 5.74) is 1.56. The van der Waals surface area contributed by atoms with E-state index >= 15 is 0 Å². The SMILES string of the molecule is CCCCOc1ccc(-c2nc(C3CC(=O)N(c4ccc(OC)c(OC)c4)C3)no2)cc1. The van der Waals surface area contributed by atoms with E-state index in [1.807, 2.05) is 30.3 Å². The maximum Gasteiger partial charge on any atom is 0.257 e. The van der Waals surface area contributed by atoms with E-state index in [9.17, 15) is 4.79 Å². The minimum atomic E-state index is -0.148. The van der Waals surface area contributed by atoms with Crippen molar-refractivity contribution in [1.29, 1.82) is 0 Å². The second kappa shape index (κ2) is 9.72. The maximum atomic E-state index is 12.7. The number of hydrogen-bond donors (Lipinski definition) is 0. The molecular formula is C24H27N3O5. The smallest absolute Gasteiger partial charge is 0.257 e. The summed E-state index contributed by atoms with van der Waals surface area (Å²) in [6, 6.07) is 13.0. The Morgan fingerprint density at radius 1 is 1.09 bits per heavy atom. The zero-order valence-electron chi connectivity index (χ0n) is 18.5. The molecule has 8 nitrogen and oxygen atoms in total. The van der Waals surface area contributed by atoms with E-state index in [2.05, 4.69) is 17.1 Å². The first kappa shape index (κ1) is 21.7. The molecule has 4 rings (SSSR count). The third-order valence-corrected chi connectivity index (χ3v) is 5.48. The Kier molecular flexibility index (Phi) is 6.58. The van der Waals surface area contributed by atoms with Crippen molar-refractivity contribution in [1.82, 2.24) is 10.1 Å². The third kappa shape index (κ3) is 4.54. The maximum absolute atomic E-state index is 12.7. The van der Waals surface area contributed by atoms with Crippen molar-refractivity contribution >= 4 is 11.6 Å². The summed E-state index contributed by atoms with van der Waals surface area (Å²) in [5, 5.41) is 4.14. The summed E-state index contributed by atoms with van der Waals surface area (Å²) in [5.74, 6) is 2.81. The van der Waals surface area contributed by atoms with Gasteiger partial charge in [-0.2, -0.15) is 4.98 Å². The van der Waals surface area contributed by atoms with Crippen LogP contribution in [0.5, 0.6) is 17.2 Å². The lowest BCUT2D eigenvalue weighted by molar-refractivity contribution is -0.117. The van der Waals surface area contributed by atoms with Crippen LogP contribution in [-0.4, -0.2) is 43.4 Å². The monoisotopic (exact) mass is 437 g/mol. The molecule has 0 N–H and O–H groups in total. The minimum absolute atomic E-state index is 0.00199. The van der Waals surface area contributed by atoms with Gasteiger partial charge in [0.15, 0.2) is 17.3 Å². The van der Waals surface area contributed by atoms with E-state index in [1.165, 1.54) is 0 Å². The summed E-state index contributed by atoms with van der Waals surface area (Å²) in [6.07, 6.45) is 2.43. The predicted octanol–water partition coefficient (Wildman–Crippen LogP) is 4.45. The molecule has 1 aliphatic rings. The third-order valence-electron chi connectivity index (χ3n) is 5.48. The van der Waals surface area contributed by atoms with Crippen LogP contribution in [0.3, 0.4) is 0 Å². The topological polar surface area (TPSA) is 86.9 Å². The molecule has 3 aromatic rings. The van der Waals surface area contributed by atoms with Gasteiger partial charge in [0, 0.05) is 36.2 Å². The molecule has 1 aliphatic heterocycles. The second-order valence-corrected chi connectivity index (χ2v) is 7.63. The Balaban J connectivity index is 1.45. The van der Waals surface area contributed by atoms with Gasteiger partial charge in [0.1, 0.15) is 5.75 Å². The number of nitrogens with zero attached hydrogens (tertiary/aromatic N) is 3. The number of amides is 1. The Hall–Kier alpha value is -3.55. The molecule has 0 bridgehead atoms. The van der Waals surface area contributed by atoms with Crippen LogP contribution >= 0.6 is 0 Å². The summed E-state index contributed by atoms with van der Waals surface area (Å²) in [7, 11) is 3.15. The van der Waals surface area contributed by atoms with Gasteiger partial charge in [-0.05, 0) is 42.8 Å². The van der Waals surface area contributed by atoms with Gasteiger partial charge in [0.25, 0.3) is 5.89 Å². The van der Waals surface area contributed by atoms with Gasteiger partial charge in [-0.3, -0.25) is 4.79 Å². The minimum Gasteiger partial charge on any atom is -0.494 e. The van der Waals surface area contributed by atoms with Gasteiger partial charge < -0.3 is 23.6 Å². The first-order valence-electron chi connectivity index (χ1n) is 10.7. The Morgan fingerprint density at radius 2 is 1.88 bits per heavy atom. The predicted molar refractivity (Wildman–Crippen MR) is 119 cm³/mol. The molecular weight excluding hydrogens is 410 g/mol. The molecule has 1 aromatic heterocycles. The number of carbonyl (C=O) groups excluding carboxylic acids is 1. The van der Waals surface area contributed by atoms with Crippen LogP contribution in [0, 0.1) is 0 Å². The van der Waals surface area contributed by atoms with Crippen LogP contribution in [0.2, 0.25) is 0 Å². The molecule has 0 aliphatic carbocycles. The number of methoxy groups -OCH3 is 2. The Labute approximate surface area is 187 Å². The highest BCUT2D eigenvalue weighted by molar-refractivity contribution is 5.96. The van der Waals surface area contributed by atoms with Crippen molar-refractivity contribution in [2.24, 2.45) is 0 Å². The van der Waals surface area contributed by atoms with E-state index in [1.54, 1.807) is 31.3 Å². The number of benzene rings is 2. The van der Waals surface area contributed by atoms with Crippen molar-refractivity contribution < 1.29 is 23.5 Å². The average Bonchev–Trinajstić information content (AvgIpc) is 3.46. The van der Waals surface area contributed by atoms with Crippen molar-refractivity contribution in [2.45, 2.75) is 32.1 Å². The van der Waals surface area contributed by atoms with E-state index in [0.717, 1.165) is 29.8 Å². The number of rotatable bonds is 9. The van der Waals surface area contributed by atoms with Crippen molar-refractivity contribution in [3.05, 3.63) is 48.3 Å². The molecule has 0 radical (unpaired) electrons. The summed E-state index contributed by atoms with van der Waals surface area (Å²) in [6.45, 7) is 3.30. The number of unbranched alkanes of at least 4 members (excludes halogenated alkanes) is 1. The van der Waals surface area contributed by atoms with Gasteiger partial charge in [-0.15, -0.1) is 0 Å². The van der Waals surface area contributed by atoms with Crippen LogP contribution in [0.15, 0.2) is 47.0 Å². The molecule has 2 heterocycles. The highest BCUT2D eigenvalue weighted by Gasteiger charge is 2.35. The number of hydrogen-bond acceptors (Lipinski definition) is 7. The lowest BCUT2D eigenvalue weighted by Gasteiger charge is -2.18. The first-order valence-corrected chi connectivity index (χ1v) is 10.7. The lowest BCUT2D eigenvalue weighted by Crippen LogP contribution is -2.24. The molecule has 0 spiro atoms. The fourth-order valence-corrected chi connectivity index (χ4v) is 3.67. The molecule has 1 atom stereocenters. The fraction of sp³-hybridized carbons (Fsp3) is 0.375. The van der Waals surface area contributed by atoms with E-state index in [-0.39, 0.29) is 11.8 Å². The normalized spacial score (nSPS) is 15.8. The van der Waals surface area contributed by atoms with Crippen LogP contribution in [0.1, 0.15) is 37.9 Å². The second-order valence-electron chi connectivity index (χ2n) is 7.63. The van der Waals surface area contributed by atoms with Crippen molar-refractivity contribution in [3.63, 3.8) is 0 Å². The van der Waals surface area contributed by atoms with Crippen LogP contribution in [0.4, 0.5) is 5.69 Å². The summed E-state index contributed by atoms with van der Waals surface area (Å²) in [4.78, 5) is 19.0. The quantitative estimate of drug-likeness (QED) is 0.457.